The zero-order valence-electron chi connectivity index (χ0n) is 9.88. The molecule has 0 amide bonds. The Morgan fingerprint density at radius 1 is 1.53 bits per heavy atom. The summed E-state index contributed by atoms with van der Waals surface area (Å²) in [6, 6.07) is 4.36. The average Bonchev–Trinajstić information content (AvgIpc) is 2.32. The van der Waals surface area contributed by atoms with Gasteiger partial charge in [0.05, 0.1) is 12.7 Å². The molecular weight excluding hydrogens is 241 g/mol. The van der Waals surface area contributed by atoms with E-state index in [1.54, 1.807) is 6.07 Å². The van der Waals surface area contributed by atoms with Crippen LogP contribution in [0.15, 0.2) is 18.2 Å². The summed E-state index contributed by atoms with van der Waals surface area (Å²) in [7, 11) is 0. The number of ether oxygens (including phenoxy) is 1. The zero-order valence-corrected chi connectivity index (χ0v) is 10.6. The van der Waals surface area contributed by atoms with Crippen LogP contribution in [-0.2, 0) is 11.3 Å². The van der Waals surface area contributed by atoms with E-state index in [0.29, 0.717) is 23.1 Å². The van der Waals surface area contributed by atoms with Crippen molar-refractivity contribution in [2.75, 3.05) is 13.1 Å². The van der Waals surface area contributed by atoms with Crippen molar-refractivity contribution in [3.05, 3.63) is 34.6 Å². The van der Waals surface area contributed by atoms with Gasteiger partial charge in [-0.05, 0) is 42.6 Å². The first-order valence-corrected chi connectivity index (χ1v) is 6.31. The number of hydrogen-bond acceptors (Lipinski definition) is 2. The van der Waals surface area contributed by atoms with Gasteiger partial charge in [-0.2, -0.15) is 0 Å². The fourth-order valence-electron chi connectivity index (χ4n) is 2.04. The summed E-state index contributed by atoms with van der Waals surface area (Å²) in [6.07, 6.45) is 1.30. The maximum Gasteiger partial charge on any atom is 0.123 e. The van der Waals surface area contributed by atoms with Gasteiger partial charge in [-0.1, -0.05) is 18.5 Å². The van der Waals surface area contributed by atoms with Crippen LogP contribution in [0.25, 0.3) is 0 Å². The predicted molar refractivity (Wildman–Crippen MR) is 66.6 cm³/mol. The van der Waals surface area contributed by atoms with E-state index in [1.165, 1.54) is 12.1 Å². The molecule has 4 heteroatoms. The normalized spacial score (nSPS) is 24.9. The van der Waals surface area contributed by atoms with Gasteiger partial charge >= 0.3 is 0 Å². The van der Waals surface area contributed by atoms with Crippen LogP contribution in [0.2, 0.25) is 5.02 Å². The Morgan fingerprint density at radius 2 is 2.35 bits per heavy atom. The number of benzene rings is 1. The van der Waals surface area contributed by atoms with Gasteiger partial charge in [0.2, 0.25) is 0 Å². The van der Waals surface area contributed by atoms with Gasteiger partial charge in [0.15, 0.2) is 0 Å². The molecule has 0 aliphatic carbocycles. The molecule has 0 bridgehead atoms. The van der Waals surface area contributed by atoms with Crippen molar-refractivity contribution < 1.29 is 9.13 Å². The lowest BCUT2D eigenvalue weighted by Crippen LogP contribution is -2.40. The molecule has 0 radical (unpaired) electrons. The van der Waals surface area contributed by atoms with Crippen LogP contribution in [0.3, 0.4) is 0 Å². The minimum absolute atomic E-state index is 0.183. The predicted octanol–water partition coefficient (Wildman–Crippen LogP) is 2.99. The minimum atomic E-state index is -0.275. The Labute approximate surface area is 106 Å². The molecule has 1 N–H and O–H groups in total. The molecule has 94 valence electrons. The highest BCUT2D eigenvalue weighted by molar-refractivity contribution is 6.31. The highest BCUT2D eigenvalue weighted by Crippen LogP contribution is 2.21. The summed E-state index contributed by atoms with van der Waals surface area (Å²) in [6.45, 7) is 4.45. The molecule has 2 unspecified atom stereocenters. The van der Waals surface area contributed by atoms with Crippen molar-refractivity contribution >= 4 is 11.6 Å². The number of rotatable bonds is 3. The second-order valence-electron chi connectivity index (χ2n) is 4.56. The van der Waals surface area contributed by atoms with Crippen LogP contribution in [0.1, 0.15) is 18.9 Å². The molecule has 1 heterocycles. The Bertz CT molecular complexity index is 386. The van der Waals surface area contributed by atoms with Gasteiger partial charge in [-0.3, -0.25) is 0 Å². The van der Waals surface area contributed by atoms with Gasteiger partial charge in [0.25, 0.3) is 0 Å². The van der Waals surface area contributed by atoms with Crippen molar-refractivity contribution in [3.8, 4) is 0 Å². The van der Waals surface area contributed by atoms with Crippen molar-refractivity contribution in [2.45, 2.75) is 26.1 Å². The molecule has 17 heavy (non-hydrogen) atoms. The summed E-state index contributed by atoms with van der Waals surface area (Å²) in [4.78, 5) is 0. The molecule has 2 atom stereocenters. The summed E-state index contributed by atoms with van der Waals surface area (Å²) in [5.41, 5.74) is 0.712. The third-order valence-corrected chi connectivity index (χ3v) is 3.59. The molecule has 1 aliphatic rings. The first-order chi connectivity index (χ1) is 8.16. The first-order valence-electron chi connectivity index (χ1n) is 5.93. The van der Waals surface area contributed by atoms with Crippen molar-refractivity contribution in [1.82, 2.24) is 5.32 Å². The molecule has 0 spiro atoms. The number of piperidine rings is 1. The van der Waals surface area contributed by atoms with Gasteiger partial charge in [0, 0.05) is 11.6 Å². The number of hydrogen-bond donors (Lipinski definition) is 1. The van der Waals surface area contributed by atoms with Crippen molar-refractivity contribution in [2.24, 2.45) is 5.92 Å². The van der Waals surface area contributed by atoms with Gasteiger partial charge in [-0.25, -0.2) is 4.39 Å². The maximum absolute atomic E-state index is 13.1. The average molecular weight is 258 g/mol. The first kappa shape index (κ1) is 12.8. The Balaban J connectivity index is 1.94. The fraction of sp³-hybridized carbons (Fsp3) is 0.538. The third-order valence-electron chi connectivity index (χ3n) is 3.22. The van der Waals surface area contributed by atoms with E-state index >= 15 is 0 Å². The molecular formula is C13H17ClFNO. The SMILES string of the molecule is CC1CCNCC1OCc1cc(F)ccc1Cl. The van der Waals surface area contributed by atoms with E-state index in [0.717, 1.165) is 19.5 Å². The lowest BCUT2D eigenvalue weighted by molar-refractivity contribution is -0.00663. The third kappa shape index (κ3) is 3.41. The zero-order chi connectivity index (χ0) is 12.3. The summed E-state index contributed by atoms with van der Waals surface area (Å²) in [5.74, 6) is 0.256. The van der Waals surface area contributed by atoms with Crippen LogP contribution in [-0.4, -0.2) is 19.2 Å². The molecule has 1 aliphatic heterocycles. The van der Waals surface area contributed by atoms with Crippen LogP contribution >= 0.6 is 11.6 Å². The van der Waals surface area contributed by atoms with E-state index in [2.05, 4.69) is 12.2 Å². The lowest BCUT2D eigenvalue weighted by Gasteiger charge is -2.29. The minimum Gasteiger partial charge on any atom is -0.372 e. The Hall–Kier alpha value is -0.640. The van der Waals surface area contributed by atoms with Crippen molar-refractivity contribution in [1.29, 1.82) is 0 Å². The monoisotopic (exact) mass is 257 g/mol. The molecule has 1 aromatic carbocycles. The smallest absolute Gasteiger partial charge is 0.123 e. The largest absolute Gasteiger partial charge is 0.372 e. The lowest BCUT2D eigenvalue weighted by atomic mass is 9.97. The number of halogens is 2. The van der Waals surface area contributed by atoms with Gasteiger partial charge < -0.3 is 10.1 Å². The molecule has 1 fully saturated rings. The Morgan fingerprint density at radius 3 is 3.12 bits per heavy atom. The van der Waals surface area contributed by atoms with Crippen LogP contribution in [0, 0.1) is 11.7 Å². The molecule has 0 aromatic heterocycles. The molecule has 2 rings (SSSR count). The molecule has 2 nitrogen and oxygen atoms in total. The summed E-state index contributed by atoms with van der Waals surface area (Å²) in [5, 5.41) is 3.85. The van der Waals surface area contributed by atoms with Crippen LogP contribution in [0.4, 0.5) is 4.39 Å². The van der Waals surface area contributed by atoms with E-state index in [-0.39, 0.29) is 11.9 Å². The Kier molecular flexibility index (Phi) is 4.37. The van der Waals surface area contributed by atoms with Gasteiger partial charge in [-0.15, -0.1) is 0 Å². The van der Waals surface area contributed by atoms with Crippen LogP contribution in [0.5, 0.6) is 0 Å². The van der Waals surface area contributed by atoms with E-state index < -0.39 is 0 Å². The quantitative estimate of drug-likeness (QED) is 0.899. The molecule has 1 saturated heterocycles. The summed E-state index contributed by atoms with van der Waals surface area (Å²) < 4.78 is 18.9. The standard InChI is InChI=1S/C13H17ClFNO/c1-9-4-5-16-7-13(9)17-8-10-6-11(15)2-3-12(10)14/h2-3,6,9,13,16H,4-5,7-8H2,1H3. The topological polar surface area (TPSA) is 21.3 Å². The highest BCUT2D eigenvalue weighted by Gasteiger charge is 2.21. The van der Waals surface area contributed by atoms with Crippen LogP contribution < -0.4 is 5.32 Å². The summed E-state index contributed by atoms with van der Waals surface area (Å²) >= 11 is 5.99. The number of nitrogens with one attached hydrogen (secondary N) is 1. The van der Waals surface area contributed by atoms with E-state index in [1.807, 2.05) is 0 Å². The second kappa shape index (κ2) is 5.80. The van der Waals surface area contributed by atoms with E-state index in [4.69, 9.17) is 16.3 Å². The van der Waals surface area contributed by atoms with E-state index in [9.17, 15) is 4.39 Å². The fourth-order valence-corrected chi connectivity index (χ4v) is 2.21. The van der Waals surface area contributed by atoms with Crippen molar-refractivity contribution in [3.63, 3.8) is 0 Å². The second-order valence-corrected chi connectivity index (χ2v) is 4.96. The highest BCUT2D eigenvalue weighted by atomic mass is 35.5. The molecule has 1 aromatic rings. The maximum atomic E-state index is 13.1. The van der Waals surface area contributed by atoms with Gasteiger partial charge in [0.1, 0.15) is 5.82 Å². The molecule has 0 saturated carbocycles.